The van der Waals surface area contributed by atoms with E-state index in [0.717, 1.165) is 5.69 Å². The van der Waals surface area contributed by atoms with Gasteiger partial charge in [0.05, 0.1) is 30.2 Å². The molecule has 2 aromatic heterocycles. The summed E-state index contributed by atoms with van der Waals surface area (Å²) in [5.41, 5.74) is 1.33. The van der Waals surface area contributed by atoms with Gasteiger partial charge in [-0.15, -0.1) is 11.3 Å². The van der Waals surface area contributed by atoms with Crippen LogP contribution in [0.3, 0.4) is 0 Å². The Hall–Kier alpha value is -2.16. The number of amides is 1. The van der Waals surface area contributed by atoms with Gasteiger partial charge in [0.15, 0.2) is 5.16 Å². The average Bonchev–Trinajstić information content (AvgIpc) is 3.16. The van der Waals surface area contributed by atoms with Gasteiger partial charge < -0.3 is 9.64 Å². The van der Waals surface area contributed by atoms with Crippen molar-refractivity contribution in [2.45, 2.75) is 5.16 Å². The van der Waals surface area contributed by atoms with E-state index in [9.17, 15) is 9.59 Å². The first-order valence-corrected chi connectivity index (χ1v) is 10.1. The number of thiophene rings is 1. The summed E-state index contributed by atoms with van der Waals surface area (Å²) >= 11 is 2.68. The molecule has 1 aromatic carbocycles. The number of fused-ring (bicyclic) bond motifs is 1. The summed E-state index contributed by atoms with van der Waals surface area (Å²) < 4.78 is 7.50. The molecule has 1 fully saturated rings. The van der Waals surface area contributed by atoms with Gasteiger partial charge in [0.25, 0.3) is 5.56 Å². The molecular formula is C18H17N3O3S2. The molecule has 0 aliphatic carbocycles. The monoisotopic (exact) mass is 387 g/mol. The number of carbonyl (C=O) groups excluding carboxylic acids is 1. The zero-order valence-electron chi connectivity index (χ0n) is 14.0. The third-order valence-electron chi connectivity index (χ3n) is 4.15. The van der Waals surface area contributed by atoms with Crippen LogP contribution in [0.25, 0.3) is 15.9 Å². The summed E-state index contributed by atoms with van der Waals surface area (Å²) in [7, 11) is 0. The minimum absolute atomic E-state index is 0.0394. The quantitative estimate of drug-likeness (QED) is 0.508. The van der Waals surface area contributed by atoms with E-state index in [1.807, 2.05) is 41.8 Å². The third-order valence-corrected chi connectivity index (χ3v) is 5.97. The Morgan fingerprint density at radius 2 is 1.96 bits per heavy atom. The molecule has 1 amide bonds. The van der Waals surface area contributed by atoms with Gasteiger partial charge in [0, 0.05) is 13.1 Å². The third kappa shape index (κ3) is 3.40. The highest BCUT2D eigenvalue weighted by atomic mass is 32.2. The lowest BCUT2D eigenvalue weighted by atomic mass is 10.3. The van der Waals surface area contributed by atoms with Crippen LogP contribution in [0.15, 0.2) is 51.7 Å². The van der Waals surface area contributed by atoms with Gasteiger partial charge in [-0.25, -0.2) is 4.98 Å². The molecule has 6 nitrogen and oxygen atoms in total. The molecular weight excluding hydrogens is 370 g/mol. The molecule has 0 N–H and O–H groups in total. The largest absolute Gasteiger partial charge is 0.378 e. The summed E-state index contributed by atoms with van der Waals surface area (Å²) in [4.78, 5) is 31.8. The minimum atomic E-state index is -0.0995. The summed E-state index contributed by atoms with van der Waals surface area (Å²) in [5.74, 6) is 0.284. The van der Waals surface area contributed by atoms with Crippen molar-refractivity contribution in [3.05, 3.63) is 52.1 Å². The van der Waals surface area contributed by atoms with Crippen LogP contribution in [0.2, 0.25) is 0 Å². The summed E-state index contributed by atoms with van der Waals surface area (Å²) in [6.07, 6.45) is 0. The highest BCUT2D eigenvalue weighted by Gasteiger charge is 2.19. The van der Waals surface area contributed by atoms with Crippen molar-refractivity contribution in [2.24, 2.45) is 0 Å². The molecule has 0 unspecified atom stereocenters. The van der Waals surface area contributed by atoms with Crippen LogP contribution in [0.1, 0.15) is 0 Å². The second-order valence-corrected chi connectivity index (χ2v) is 7.65. The maximum absolute atomic E-state index is 13.0. The van der Waals surface area contributed by atoms with E-state index < -0.39 is 0 Å². The van der Waals surface area contributed by atoms with Gasteiger partial charge in [-0.2, -0.15) is 0 Å². The predicted octanol–water partition coefficient (Wildman–Crippen LogP) is 2.40. The van der Waals surface area contributed by atoms with Crippen molar-refractivity contribution in [3.8, 4) is 5.69 Å². The average molecular weight is 387 g/mol. The Morgan fingerprint density at radius 3 is 2.73 bits per heavy atom. The summed E-state index contributed by atoms with van der Waals surface area (Å²) in [5, 5.41) is 2.40. The van der Waals surface area contributed by atoms with Crippen molar-refractivity contribution in [1.82, 2.24) is 14.5 Å². The molecule has 134 valence electrons. The smallest absolute Gasteiger partial charge is 0.276 e. The lowest BCUT2D eigenvalue weighted by Gasteiger charge is -2.26. The van der Waals surface area contributed by atoms with Gasteiger partial charge in [-0.1, -0.05) is 30.0 Å². The van der Waals surface area contributed by atoms with Crippen LogP contribution in [0.4, 0.5) is 0 Å². The van der Waals surface area contributed by atoms with Gasteiger partial charge >= 0.3 is 0 Å². The van der Waals surface area contributed by atoms with Crippen molar-refractivity contribution < 1.29 is 9.53 Å². The number of hydrogen-bond donors (Lipinski definition) is 0. The first-order chi connectivity index (χ1) is 12.7. The highest BCUT2D eigenvalue weighted by molar-refractivity contribution is 7.99. The molecule has 4 rings (SSSR count). The molecule has 3 heterocycles. The number of para-hydroxylation sites is 1. The molecule has 0 radical (unpaired) electrons. The Bertz CT molecular complexity index is 978. The number of rotatable bonds is 4. The molecule has 0 bridgehead atoms. The van der Waals surface area contributed by atoms with E-state index in [-0.39, 0.29) is 17.2 Å². The number of aromatic nitrogens is 2. The molecule has 0 atom stereocenters. The fraction of sp³-hybridized carbons (Fsp3) is 0.278. The number of carbonyl (C=O) groups is 1. The lowest BCUT2D eigenvalue weighted by Crippen LogP contribution is -2.41. The van der Waals surface area contributed by atoms with Crippen LogP contribution >= 0.6 is 23.1 Å². The van der Waals surface area contributed by atoms with Crippen LogP contribution in [-0.4, -0.2) is 52.4 Å². The number of benzene rings is 1. The first kappa shape index (κ1) is 17.3. The Balaban J connectivity index is 1.67. The number of thioether (sulfide) groups is 1. The number of ether oxygens (including phenoxy) is 1. The maximum Gasteiger partial charge on any atom is 0.276 e. The normalized spacial score (nSPS) is 14.7. The molecule has 8 heteroatoms. The summed E-state index contributed by atoms with van der Waals surface area (Å²) in [6, 6.07) is 11.2. The fourth-order valence-corrected chi connectivity index (χ4v) is 4.50. The minimum Gasteiger partial charge on any atom is -0.378 e. The van der Waals surface area contributed by atoms with E-state index in [0.29, 0.717) is 41.7 Å². The second-order valence-electron chi connectivity index (χ2n) is 5.79. The molecule has 0 spiro atoms. The number of nitrogens with zero attached hydrogens (tertiary/aromatic N) is 3. The van der Waals surface area contributed by atoms with E-state index in [1.165, 1.54) is 23.1 Å². The van der Waals surface area contributed by atoms with E-state index in [1.54, 1.807) is 9.47 Å². The van der Waals surface area contributed by atoms with Crippen molar-refractivity contribution >= 4 is 39.2 Å². The first-order valence-electron chi connectivity index (χ1n) is 8.28. The van der Waals surface area contributed by atoms with Gasteiger partial charge in [-0.3, -0.25) is 14.2 Å². The van der Waals surface area contributed by atoms with Gasteiger partial charge in [-0.05, 0) is 23.6 Å². The van der Waals surface area contributed by atoms with E-state index in [4.69, 9.17) is 4.74 Å². The molecule has 3 aromatic rings. The second kappa shape index (κ2) is 7.61. The van der Waals surface area contributed by atoms with Crippen molar-refractivity contribution in [3.63, 3.8) is 0 Å². The van der Waals surface area contributed by atoms with Crippen LogP contribution in [0.5, 0.6) is 0 Å². The Morgan fingerprint density at radius 1 is 1.19 bits per heavy atom. The topological polar surface area (TPSA) is 64.4 Å². The maximum atomic E-state index is 13.0. The van der Waals surface area contributed by atoms with E-state index in [2.05, 4.69) is 4.98 Å². The number of hydrogen-bond acceptors (Lipinski definition) is 6. The molecule has 1 aliphatic rings. The molecule has 0 saturated carbocycles. The molecule has 1 saturated heterocycles. The lowest BCUT2D eigenvalue weighted by molar-refractivity contribution is -0.132. The summed E-state index contributed by atoms with van der Waals surface area (Å²) in [6.45, 7) is 2.37. The highest BCUT2D eigenvalue weighted by Crippen LogP contribution is 2.24. The Kier molecular flexibility index (Phi) is 5.05. The molecule has 26 heavy (non-hydrogen) atoms. The predicted molar refractivity (Wildman–Crippen MR) is 103 cm³/mol. The van der Waals surface area contributed by atoms with Crippen molar-refractivity contribution in [1.29, 1.82) is 0 Å². The van der Waals surface area contributed by atoms with Gasteiger partial charge in [0.1, 0.15) is 4.70 Å². The van der Waals surface area contributed by atoms with Crippen LogP contribution in [-0.2, 0) is 9.53 Å². The zero-order valence-corrected chi connectivity index (χ0v) is 15.6. The van der Waals surface area contributed by atoms with Crippen LogP contribution < -0.4 is 5.56 Å². The molecule has 1 aliphatic heterocycles. The zero-order chi connectivity index (χ0) is 17.9. The standard InChI is InChI=1S/C18H17N3O3S2/c22-15(20-7-9-24-10-8-20)12-26-18-19-14-6-11-25-16(14)17(23)21(18)13-4-2-1-3-5-13/h1-6,11H,7-10,12H2. The van der Waals surface area contributed by atoms with Crippen molar-refractivity contribution in [2.75, 3.05) is 32.1 Å². The van der Waals surface area contributed by atoms with Gasteiger partial charge in [0.2, 0.25) is 5.91 Å². The number of morpholine rings is 1. The fourth-order valence-electron chi connectivity index (χ4n) is 2.82. The SMILES string of the molecule is O=C(CSc1nc2ccsc2c(=O)n1-c1ccccc1)N1CCOCC1. The van der Waals surface area contributed by atoms with Crippen LogP contribution in [0, 0.1) is 0 Å². The Labute approximate surface area is 158 Å². The van der Waals surface area contributed by atoms with E-state index >= 15 is 0 Å².